The van der Waals surface area contributed by atoms with Crippen LogP contribution in [0.2, 0.25) is 0 Å². The van der Waals surface area contributed by atoms with Crippen LogP contribution in [0.4, 0.5) is 0 Å². The summed E-state index contributed by atoms with van der Waals surface area (Å²) >= 11 is 1.61. The molecule has 0 bridgehead atoms. The number of nitrogens with one attached hydrogen (secondary N) is 1. The second kappa shape index (κ2) is 7.74. The van der Waals surface area contributed by atoms with Crippen molar-refractivity contribution in [2.75, 3.05) is 0 Å². The van der Waals surface area contributed by atoms with Gasteiger partial charge in [0.05, 0.1) is 6.54 Å². The summed E-state index contributed by atoms with van der Waals surface area (Å²) < 4.78 is 7.25. The molecule has 2 heterocycles. The number of amides is 1. The maximum absolute atomic E-state index is 12.1. The lowest BCUT2D eigenvalue weighted by molar-refractivity contribution is -0.124. The molecule has 0 saturated heterocycles. The Morgan fingerprint density at radius 2 is 2.21 bits per heavy atom. The van der Waals surface area contributed by atoms with E-state index in [1.54, 1.807) is 18.3 Å². The first kappa shape index (κ1) is 16.2. The van der Waals surface area contributed by atoms with Crippen LogP contribution in [0, 0.1) is 0 Å². The quantitative estimate of drug-likeness (QED) is 0.717. The molecule has 3 aromatic rings. The molecule has 1 atom stereocenters. The first-order valence-corrected chi connectivity index (χ1v) is 8.46. The molecule has 0 aliphatic carbocycles. The van der Waals surface area contributed by atoms with E-state index < -0.39 is 0 Å². The fraction of sp³-hybridized carbons (Fsp3) is 0.235. The maximum atomic E-state index is 12.1. The predicted molar refractivity (Wildman–Crippen MR) is 91.7 cm³/mol. The number of para-hydroxylation sites is 1. The number of ether oxygens (including phenoxy) is 1. The molecule has 6 nitrogen and oxygen atoms in total. The molecule has 0 radical (unpaired) electrons. The highest BCUT2D eigenvalue weighted by Crippen LogP contribution is 2.18. The van der Waals surface area contributed by atoms with Crippen molar-refractivity contribution in [2.45, 2.75) is 26.1 Å². The average Bonchev–Trinajstić information content (AvgIpc) is 3.30. The number of carbonyl (C=O) groups is 1. The van der Waals surface area contributed by atoms with Gasteiger partial charge in [-0.05, 0) is 30.5 Å². The summed E-state index contributed by atoms with van der Waals surface area (Å²) in [5.41, 5.74) is 1.09. The molecule has 3 rings (SSSR count). The van der Waals surface area contributed by atoms with E-state index in [0.717, 1.165) is 16.2 Å². The number of hydrogen-bond donors (Lipinski definition) is 1. The van der Waals surface area contributed by atoms with Gasteiger partial charge >= 0.3 is 0 Å². The lowest BCUT2D eigenvalue weighted by atomic mass is 10.3. The summed E-state index contributed by atoms with van der Waals surface area (Å²) in [4.78, 5) is 17.0. The molecule has 7 heteroatoms. The van der Waals surface area contributed by atoms with Gasteiger partial charge in [-0.1, -0.05) is 18.2 Å². The first-order valence-electron chi connectivity index (χ1n) is 7.58. The number of thiophene rings is 1. The average molecular weight is 342 g/mol. The predicted octanol–water partition coefficient (Wildman–Crippen LogP) is 2.80. The van der Waals surface area contributed by atoms with E-state index in [0.29, 0.717) is 13.2 Å². The van der Waals surface area contributed by atoms with Crippen LogP contribution in [0.25, 0.3) is 0 Å². The number of carbonyl (C=O) groups excluding carboxylic acids is 1. The van der Waals surface area contributed by atoms with Gasteiger partial charge in [-0.25, -0.2) is 9.67 Å². The summed E-state index contributed by atoms with van der Waals surface area (Å²) in [5, 5.41) is 8.94. The van der Waals surface area contributed by atoms with Gasteiger partial charge in [0.15, 0.2) is 0 Å². The SMILES string of the molecule is C[C@@H](C(=O)NCc1cc(COc2ccccc2)cs1)n1cncn1. The van der Waals surface area contributed by atoms with Crippen molar-refractivity contribution in [3.8, 4) is 5.75 Å². The minimum absolute atomic E-state index is 0.0871. The molecule has 1 N–H and O–H groups in total. The Bertz CT molecular complexity index is 771. The zero-order valence-corrected chi connectivity index (χ0v) is 14.1. The second-order valence-corrected chi connectivity index (χ2v) is 6.29. The molecule has 2 aromatic heterocycles. The summed E-state index contributed by atoms with van der Waals surface area (Å²) in [6, 6.07) is 11.4. The third-order valence-electron chi connectivity index (χ3n) is 3.51. The van der Waals surface area contributed by atoms with Gasteiger partial charge in [-0.15, -0.1) is 11.3 Å². The van der Waals surface area contributed by atoms with E-state index >= 15 is 0 Å². The van der Waals surface area contributed by atoms with E-state index in [-0.39, 0.29) is 11.9 Å². The Morgan fingerprint density at radius 3 is 2.96 bits per heavy atom. The molecule has 0 aliphatic heterocycles. The Hall–Kier alpha value is -2.67. The highest BCUT2D eigenvalue weighted by molar-refractivity contribution is 7.10. The molecule has 0 fully saturated rings. The van der Waals surface area contributed by atoms with Crippen molar-refractivity contribution < 1.29 is 9.53 Å². The fourth-order valence-electron chi connectivity index (χ4n) is 2.14. The Kier molecular flexibility index (Phi) is 5.22. The van der Waals surface area contributed by atoms with Gasteiger partial charge in [0.2, 0.25) is 5.91 Å². The van der Waals surface area contributed by atoms with E-state index in [4.69, 9.17) is 4.74 Å². The molecule has 1 aromatic carbocycles. The zero-order chi connectivity index (χ0) is 16.8. The van der Waals surface area contributed by atoms with Crippen LogP contribution in [-0.2, 0) is 17.9 Å². The number of nitrogens with zero attached hydrogens (tertiary/aromatic N) is 3. The van der Waals surface area contributed by atoms with Crippen LogP contribution in [0.15, 0.2) is 54.4 Å². The summed E-state index contributed by atoms with van der Waals surface area (Å²) in [6.07, 6.45) is 2.95. The van der Waals surface area contributed by atoms with E-state index in [1.165, 1.54) is 17.3 Å². The Balaban J connectivity index is 1.48. The van der Waals surface area contributed by atoms with Gasteiger partial charge in [-0.3, -0.25) is 4.79 Å². The van der Waals surface area contributed by atoms with E-state index in [2.05, 4.69) is 15.4 Å². The minimum atomic E-state index is -0.381. The van der Waals surface area contributed by atoms with Crippen molar-refractivity contribution in [2.24, 2.45) is 0 Å². The fourth-order valence-corrected chi connectivity index (χ4v) is 2.95. The van der Waals surface area contributed by atoms with Crippen LogP contribution in [0.5, 0.6) is 5.75 Å². The summed E-state index contributed by atoms with van der Waals surface area (Å²) in [7, 11) is 0. The largest absolute Gasteiger partial charge is 0.489 e. The molecule has 0 spiro atoms. The second-order valence-electron chi connectivity index (χ2n) is 5.29. The number of aromatic nitrogens is 3. The van der Waals surface area contributed by atoms with Crippen molar-refractivity contribution >= 4 is 17.2 Å². The first-order chi connectivity index (χ1) is 11.7. The van der Waals surface area contributed by atoms with Crippen molar-refractivity contribution in [1.82, 2.24) is 20.1 Å². The Labute approximate surface area is 144 Å². The number of benzene rings is 1. The van der Waals surface area contributed by atoms with Crippen LogP contribution in [0.3, 0.4) is 0 Å². The molecular formula is C17H18N4O2S. The molecule has 0 aliphatic rings. The third kappa shape index (κ3) is 4.20. The van der Waals surface area contributed by atoms with Gasteiger partial charge < -0.3 is 10.1 Å². The highest BCUT2D eigenvalue weighted by atomic mass is 32.1. The number of rotatable bonds is 7. The monoisotopic (exact) mass is 342 g/mol. The molecule has 124 valence electrons. The molecule has 0 saturated carbocycles. The molecular weight excluding hydrogens is 324 g/mol. The lowest BCUT2D eigenvalue weighted by Crippen LogP contribution is -2.30. The number of hydrogen-bond acceptors (Lipinski definition) is 5. The standard InChI is InChI=1S/C17H18N4O2S/c1-13(21-12-18-11-20-21)17(22)19-8-16-7-14(10-24-16)9-23-15-5-3-2-4-6-15/h2-7,10-13H,8-9H2,1H3,(H,19,22)/t13-/m0/s1. The van der Waals surface area contributed by atoms with Crippen molar-refractivity contribution in [1.29, 1.82) is 0 Å². The van der Waals surface area contributed by atoms with Gasteiger partial charge in [0.25, 0.3) is 0 Å². The van der Waals surface area contributed by atoms with Gasteiger partial charge in [0.1, 0.15) is 31.1 Å². The van der Waals surface area contributed by atoms with Gasteiger partial charge in [0, 0.05) is 10.4 Å². The topological polar surface area (TPSA) is 69.0 Å². The van der Waals surface area contributed by atoms with Crippen molar-refractivity contribution in [3.63, 3.8) is 0 Å². The molecule has 1 amide bonds. The summed E-state index contributed by atoms with van der Waals surface area (Å²) in [5.74, 6) is 0.760. The minimum Gasteiger partial charge on any atom is -0.489 e. The third-order valence-corrected chi connectivity index (χ3v) is 4.49. The van der Waals surface area contributed by atoms with E-state index in [9.17, 15) is 4.79 Å². The maximum Gasteiger partial charge on any atom is 0.244 e. The molecule has 0 unspecified atom stereocenters. The Morgan fingerprint density at radius 1 is 1.38 bits per heavy atom. The van der Waals surface area contributed by atoms with E-state index in [1.807, 2.05) is 41.8 Å². The van der Waals surface area contributed by atoms with Crippen molar-refractivity contribution in [3.05, 3.63) is 64.9 Å². The zero-order valence-electron chi connectivity index (χ0n) is 13.3. The molecule has 24 heavy (non-hydrogen) atoms. The lowest BCUT2D eigenvalue weighted by Gasteiger charge is -2.11. The normalized spacial score (nSPS) is 11.9. The van der Waals surface area contributed by atoms with Crippen LogP contribution in [-0.4, -0.2) is 20.7 Å². The summed E-state index contributed by atoms with van der Waals surface area (Å²) in [6.45, 7) is 2.80. The smallest absolute Gasteiger partial charge is 0.244 e. The van der Waals surface area contributed by atoms with Crippen LogP contribution < -0.4 is 10.1 Å². The highest BCUT2D eigenvalue weighted by Gasteiger charge is 2.15. The van der Waals surface area contributed by atoms with Gasteiger partial charge in [-0.2, -0.15) is 5.10 Å². The van der Waals surface area contributed by atoms with Crippen LogP contribution >= 0.6 is 11.3 Å². The van der Waals surface area contributed by atoms with Crippen LogP contribution in [0.1, 0.15) is 23.4 Å².